The quantitative estimate of drug-likeness (QED) is 0.765. The molecule has 0 heterocycles. The number of nitrogens with one attached hydrogen (secondary N) is 1. The monoisotopic (exact) mass is 297 g/mol. The number of carboxylic acids is 1. The van der Waals surface area contributed by atoms with Gasteiger partial charge >= 0.3 is 5.97 Å². The van der Waals surface area contributed by atoms with Crippen molar-refractivity contribution in [1.29, 1.82) is 0 Å². The van der Waals surface area contributed by atoms with Crippen molar-refractivity contribution in [1.82, 2.24) is 5.32 Å². The summed E-state index contributed by atoms with van der Waals surface area (Å²) in [7, 11) is 0. The highest BCUT2D eigenvalue weighted by Crippen LogP contribution is 2.11. The van der Waals surface area contributed by atoms with Crippen LogP contribution in [-0.2, 0) is 9.59 Å². The van der Waals surface area contributed by atoms with Crippen LogP contribution in [0.15, 0.2) is 30.3 Å². The molecule has 0 aliphatic carbocycles. The summed E-state index contributed by atoms with van der Waals surface area (Å²) in [5.74, 6) is -0.210. The van der Waals surface area contributed by atoms with Gasteiger partial charge in [0.05, 0.1) is 0 Å². The number of thioether (sulfide) groups is 1. The summed E-state index contributed by atoms with van der Waals surface area (Å²) in [6, 6.07) is 8.06. The molecule has 20 heavy (non-hydrogen) atoms. The maximum atomic E-state index is 11.9. The van der Waals surface area contributed by atoms with Gasteiger partial charge in [0.25, 0.3) is 5.91 Å². The summed E-state index contributed by atoms with van der Waals surface area (Å²) >= 11 is 1.54. The molecule has 0 fully saturated rings. The number of benzene rings is 1. The molecule has 0 radical (unpaired) electrons. The number of rotatable bonds is 8. The Balaban J connectivity index is 2.53. The zero-order chi connectivity index (χ0) is 15.0. The van der Waals surface area contributed by atoms with Crippen molar-refractivity contribution in [3.05, 3.63) is 30.3 Å². The highest BCUT2D eigenvalue weighted by Gasteiger charge is 2.23. The van der Waals surface area contributed by atoms with Crippen molar-refractivity contribution >= 4 is 23.6 Å². The highest BCUT2D eigenvalue weighted by molar-refractivity contribution is 7.98. The molecule has 0 aliphatic rings. The summed E-state index contributed by atoms with van der Waals surface area (Å²) in [5.41, 5.74) is 0. The molecule has 1 unspecified atom stereocenters. The lowest BCUT2D eigenvalue weighted by Gasteiger charge is -2.18. The Labute approximate surface area is 122 Å². The molecule has 0 saturated heterocycles. The summed E-state index contributed by atoms with van der Waals surface area (Å²) in [5, 5.41) is 11.5. The van der Waals surface area contributed by atoms with Crippen LogP contribution in [0.2, 0.25) is 0 Å². The van der Waals surface area contributed by atoms with Gasteiger partial charge in [-0.1, -0.05) is 18.2 Å². The van der Waals surface area contributed by atoms with Gasteiger partial charge < -0.3 is 15.2 Å². The van der Waals surface area contributed by atoms with Gasteiger partial charge in [0.1, 0.15) is 11.8 Å². The van der Waals surface area contributed by atoms with Crippen LogP contribution in [0.4, 0.5) is 0 Å². The summed E-state index contributed by atoms with van der Waals surface area (Å²) in [6.45, 7) is 1.59. The van der Waals surface area contributed by atoms with Gasteiger partial charge in [-0.15, -0.1) is 0 Å². The molecule has 5 nitrogen and oxygen atoms in total. The first-order valence-corrected chi connectivity index (χ1v) is 7.67. The lowest BCUT2D eigenvalue weighted by Crippen LogP contribution is -2.46. The molecule has 0 spiro atoms. The number of amides is 1. The summed E-state index contributed by atoms with van der Waals surface area (Å²) < 4.78 is 5.45. The highest BCUT2D eigenvalue weighted by atomic mass is 32.2. The largest absolute Gasteiger partial charge is 0.481 e. The lowest BCUT2D eigenvalue weighted by atomic mass is 10.2. The number of aliphatic carboxylic acids is 1. The zero-order valence-corrected chi connectivity index (χ0v) is 12.4. The van der Waals surface area contributed by atoms with E-state index >= 15 is 0 Å². The minimum Gasteiger partial charge on any atom is -0.481 e. The van der Waals surface area contributed by atoms with Gasteiger partial charge in [0.2, 0.25) is 0 Å². The van der Waals surface area contributed by atoms with E-state index in [2.05, 4.69) is 5.32 Å². The van der Waals surface area contributed by atoms with Crippen molar-refractivity contribution in [2.45, 2.75) is 25.5 Å². The van der Waals surface area contributed by atoms with Gasteiger partial charge in [0, 0.05) is 0 Å². The molecular formula is C14H19NO4S. The normalized spacial score (nSPS) is 13.3. The van der Waals surface area contributed by atoms with Crippen LogP contribution < -0.4 is 10.1 Å². The molecule has 6 heteroatoms. The predicted molar refractivity (Wildman–Crippen MR) is 79.1 cm³/mol. The molecule has 1 amide bonds. The smallest absolute Gasteiger partial charge is 0.326 e. The van der Waals surface area contributed by atoms with Gasteiger partial charge in [-0.05, 0) is 37.5 Å². The molecule has 0 aromatic heterocycles. The number of ether oxygens (including phenoxy) is 1. The molecule has 2 atom stereocenters. The minimum absolute atomic E-state index is 0.389. The van der Waals surface area contributed by atoms with E-state index < -0.39 is 24.0 Å². The first kappa shape index (κ1) is 16.4. The fraction of sp³-hybridized carbons (Fsp3) is 0.429. The third-order valence-electron chi connectivity index (χ3n) is 2.65. The molecular weight excluding hydrogens is 278 g/mol. The van der Waals surface area contributed by atoms with Gasteiger partial charge in [0.15, 0.2) is 6.10 Å². The van der Waals surface area contributed by atoms with Crippen molar-refractivity contribution in [3.63, 3.8) is 0 Å². The Morgan fingerprint density at radius 3 is 2.55 bits per heavy atom. The van der Waals surface area contributed by atoms with E-state index in [4.69, 9.17) is 9.84 Å². The first-order valence-electron chi connectivity index (χ1n) is 6.28. The summed E-state index contributed by atoms with van der Waals surface area (Å²) in [6.07, 6.45) is 1.54. The van der Waals surface area contributed by atoms with Crippen LogP contribution in [0.3, 0.4) is 0 Å². The second-order valence-electron chi connectivity index (χ2n) is 4.25. The van der Waals surface area contributed by atoms with E-state index in [0.29, 0.717) is 17.9 Å². The van der Waals surface area contributed by atoms with Crippen molar-refractivity contribution in [2.75, 3.05) is 12.0 Å². The Bertz CT molecular complexity index is 438. The van der Waals surface area contributed by atoms with E-state index in [9.17, 15) is 9.59 Å². The molecule has 0 bridgehead atoms. The van der Waals surface area contributed by atoms with Crippen molar-refractivity contribution in [3.8, 4) is 5.75 Å². The Morgan fingerprint density at radius 2 is 2.00 bits per heavy atom. The number of hydrogen-bond donors (Lipinski definition) is 2. The van der Waals surface area contributed by atoms with Crippen molar-refractivity contribution < 1.29 is 19.4 Å². The topological polar surface area (TPSA) is 75.6 Å². The average Bonchev–Trinajstić information content (AvgIpc) is 2.43. The maximum absolute atomic E-state index is 11.9. The van der Waals surface area contributed by atoms with Crippen LogP contribution in [0, 0.1) is 0 Å². The SMILES string of the molecule is CSCC[C@@H](NC(=O)C(C)Oc1ccccc1)C(=O)O. The Hall–Kier alpha value is -1.69. The molecule has 1 aromatic carbocycles. The van der Waals surface area contributed by atoms with Crippen LogP contribution in [-0.4, -0.2) is 41.1 Å². The Morgan fingerprint density at radius 1 is 1.35 bits per heavy atom. The minimum atomic E-state index is -1.03. The molecule has 0 saturated carbocycles. The molecule has 2 N–H and O–H groups in total. The number of para-hydroxylation sites is 1. The third kappa shape index (κ3) is 5.52. The van der Waals surface area contributed by atoms with E-state index in [-0.39, 0.29) is 0 Å². The van der Waals surface area contributed by atoms with Crippen LogP contribution in [0.5, 0.6) is 5.75 Å². The van der Waals surface area contributed by atoms with Crippen molar-refractivity contribution in [2.24, 2.45) is 0 Å². The van der Waals surface area contributed by atoms with Crippen LogP contribution in [0.25, 0.3) is 0 Å². The molecule has 110 valence electrons. The van der Waals surface area contributed by atoms with Gasteiger partial charge in [-0.2, -0.15) is 11.8 Å². The standard InChI is InChI=1S/C14H19NO4S/c1-10(19-11-6-4-3-5-7-11)13(16)15-12(14(17)18)8-9-20-2/h3-7,10,12H,8-9H2,1-2H3,(H,15,16)(H,17,18)/t10?,12-/m1/s1. The zero-order valence-electron chi connectivity index (χ0n) is 11.5. The van der Waals surface area contributed by atoms with E-state index in [1.807, 2.05) is 12.3 Å². The Kier molecular flexibility index (Phi) is 6.93. The van der Waals surface area contributed by atoms with Gasteiger partial charge in [-0.25, -0.2) is 4.79 Å². The predicted octanol–water partition coefficient (Wildman–Crippen LogP) is 1.78. The first-order chi connectivity index (χ1) is 9.54. The number of carboxylic acid groups (broad SMARTS) is 1. The van der Waals surface area contributed by atoms with E-state index in [1.165, 1.54) is 11.8 Å². The second kappa shape index (κ2) is 8.47. The molecule has 1 aromatic rings. The van der Waals surface area contributed by atoms with Gasteiger partial charge in [-0.3, -0.25) is 4.79 Å². The molecule has 0 aliphatic heterocycles. The lowest BCUT2D eigenvalue weighted by molar-refractivity contribution is -0.142. The fourth-order valence-electron chi connectivity index (χ4n) is 1.54. The van der Waals surface area contributed by atoms with E-state index in [0.717, 1.165) is 0 Å². The maximum Gasteiger partial charge on any atom is 0.326 e. The number of carbonyl (C=O) groups is 2. The summed E-state index contributed by atoms with van der Waals surface area (Å²) in [4.78, 5) is 23.0. The number of hydrogen-bond acceptors (Lipinski definition) is 4. The van der Waals surface area contributed by atoms with Crippen LogP contribution in [0.1, 0.15) is 13.3 Å². The van der Waals surface area contributed by atoms with Crippen LogP contribution >= 0.6 is 11.8 Å². The fourth-order valence-corrected chi connectivity index (χ4v) is 2.01. The van der Waals surface area contributed by atoms with E-state index in [1.54, 1.807) is 31.2 Å². The number of carbonyl (C=O) groups excluding carboxylic acids is 1. The third-order valence-corrected chi connectivity index (χ3v) is 3.29. The second-order valence-corrected chi connectivity index (χ2v) is 5.24. The molecule has 1 rings (SSSR count). The average molecular weight is 297 g/mol.